The lowest BCUT2D eigenvalue weighted by Crippen LogP contribution is -2.48. The van der Waals surface area contributed by atoms with Gasteiger partial charge < -0.3 is 9.53 Å². The van der Waals surface area contributed by atoms with Crippen molar-refractivity contribution in [2.75, 3.05) is 5.75 Å². The van der Waals surface area contributed by atoms with E-state index in [1.165, 1.54) is 0 Å². The van der Waals surface area contributed by atoms with Crippen LogP contribution in [0.4, 0.5) is 0 Å². The summed E-state index contributed by atoms with van der Waals surface area (Å²) in [5, 5.41) is 10.5. The van der Waals surface area contributed by atoms with Gasteiger partial charge in [0, 0.05) is 4.90 Å². The van der Waals surface area contributed by atoms with Gasteiger partial charge in [0.05, 0.1) is 28.8 Å². The van der Waals surface area contributed by atoms with Gasteiger partial charge in [-0.2, -0.15) is 0 Å². The van der Waals surface area contributed by atoms with Crippen molar-refractivity contribution in [1.29, 1.82) is 0 Å². The second-order valence-corrected chi connectivity index (χ2v) is 14.1. The molecule has 0 aliphatic rings. The maximum atomic E-state index is 12.7. The molecule has 1 aromatic carbocycles. The van der Waals surface area contributed by atoms with E-state index >= 15 is 0 Å². The minimum absolute atomic E-state index is 0.0322. The van der Waals surface area contributed by atoms with E-state index in [-0.39, 0.29) is 5.04 Å². The predicted octanol–water partition coefficient (Wildman–Crippen LogP) is 4.43. The largest absolute Gasteiger partial charge is 0.410 e. The van der Waals surface area contributed by atoms with Crippen LogP contribution in [0.15, 0.2) is 41.8 Å². The lowest BCUT2D eigenvalue weighted by atomic mass is 10.2. The molecule has 0 amide bonds. The molecular weight excluding hydrogens is 336 g/mol. The Kier molecular flexibility index (Phi) is 7.60. The molecule has 0 fully saturated rings. The van der Waals surface area contributed by atoms with E-state index in [4.69, 9.17) is 4.43 Å². The van der Waals surface area contributed by atoms with E-state index < -0.39 is 31.3 Å². The summed E-state index contributed by atoms with van der Waals surface area (Å²) in [7, 11) is -3.27. The summed E-state index contributed by atoms with van der Waals surface area (Å²) in [4.78, 5) is 0.773. The number of benzene rings is 1. The highest BCUT2D eigenvalue weighted by atomic mass is 32.2. The van der Waals surface area contributed by atoms with Gasteiger partial charge in [-0.3, -0.25) is 4.21 Å². The molecule has 3 nitrogen and oxygen atoms in total. The molecule has 24 heavy (non-hydrogen) atoms. The fourth-order valence-electron chi connectivity index (χ4n) is 2.04. The van der Waals surface area contributed by atoms with Crippen LogP contribution < -0.4 is 0 Å². The zero-order valence-corrected chi connectivity index (χ0v) is 17.7. The van der Waals surface area contributed by atoms with Crippen LogP contribution in [0.5, 0.6) is 0 Å². The van der Waals surface area contributed by atoms with Gasteiger partial charge in [0.2, 0.25) is 0 Å². The van der Waals surface area contributed by atoms with E-state index in [0.717, 1.165) is 10.5 Å². The smallest absolute Gasteiger partial charge is 0.192 e. The van der Waals surface area contributed by atoms with Crippen molar-refractivity contribution < 1.29 is 13.7 Å². The van der Waals surface area contributed by atoms with Gasteiger partial charge >= 0.3 is 0 Å². The molecule has 0 radical (unpaired) electrons. The van der Waals surface area contributed by atoms with Gasteiger partial charge in [0.1, 0.15) is 0 Å². The molecule has 3 atom stereocenters. The summed E-state index contributed by atoms with van der Waals surface area (Å²) < 4.78 is 19.1. The molecule has 136 valence electrons. The summed E-state index contributed by atoms with van der Waals surface area (Å²) in [5.41, 5.74) is 1.14. The van der Waals surface area contributed by atoms with Gasteiger partial charge in [-0.05, 0) is 43.6 Å². The quantitative estimate of drug-likeness (QED) is 0.545. The van der Waals surface area contributed by atoms with Crippen molar-refractivity contribution in [3.63, 3.8) is 0 Å². The first-order valence-corrected chi connectivity index (χ1v) is 12.6. The fraction of sp³-hybridized carbons (Fsp3) is 0.579. The molecule has 0 saturated carbocycles. The molecule has 0 heterocycles. The first kappa shape index (κ1) is 21.3. The summed E-state index contributed by atoms with van der Waals surface area (Å²) in [5.74, 6) is 0.296. The molecule has 1 N–H and O–H groups in total. The molecule has 0 aliphatic heterocycles. The highest BCUT2D eigenvalue weighted by Gasteiger charge is 2.40. The molecule has 5 heteroatoms. The van der Waals surface area contributed by atoms with E-state index in [9.17, 15) is 9.32 Å². The SMILES string of the molecule is C=CC[C@H](O)[C@@H](CS(=O)c1ccc(C)cc1)O[Si](C)(C)C(C)(C)C. The predicted molar refractivity (Wildman–Crippen MR) is 105 cm³/mol. The molecule has 0 spiro atoms. The van der Waals surface area contributed by atoms with Crippen LogP contribution >= 0.6 is 0 Å². The zero-order valence-electron chi connectivity index (χ0n) is 15.8. The Labute approximate surface area is 150 Å². The zero-order chi connectivity index (χ0) is 18.5. The van der Waals surface area contributed by atoms with Crippen molar-refractivity contribution >= 4 is 19.1 Å². The molecule has 1 aromatic rings. The average molecular weight is 369 g/mol. The number of hydrogen-bond donors (Lipinski definition) is 1. The molecule has 0 bridgehead atoms. The third-order valence-electron chi connectivity index (χ3n) is 4.69. The van der Waals surface area contributed by atoms with E-state index in [1.807, 2.05) is 31.2 Å². The van der Waals surface area contributed by atoms with Crippen LogP contribution in [0.2, 0.25) is 18.1 Å². The van der Waals surface area contributed by atoms with Crippen LogP contribution in [0.25, 0.3) is 0 Å². The van der Waals surface area contributed by atoms with Crippen LogP contribution in [-0.2, 0) is 15.2 Å². The van der Waals surface area contributed by atoms with Gasteiger partial charge in [0.25, 0.3) is 0 Å². The third-order valence-corrected chi connectivity index (χ3v) is 10.6. The fourth-order valence-corrected chi connectivity index (χ4v) is 4.73. The molecular formula is C19H32O3SSi. The lowest BCUT2D eigenvalue weighted by molar-refractivity contribution is 0.0433. The van der Waals surface area contributed by atoms with Gasteiger partial charge in [-0.25, -0.2) is 0 Å². The van der Waals surface area contributed by atoms with Crippen molar-refractivity contribution in [1.82, 2.24) is 0 Å². The summed E-state index contributed by atoms with van der Waals surface area (Å²) in [6.45, 7) is 16.5. The Hall–Kier alpha value is -0.753. The highest BCUT2D eigenvalue weighted by Crippen LogP contribution is 2.38. The van der Waals surface area contributed by atoms with Gasteiger partial charge in [0.15, 0.2) is 8.32 Å². The van der Waals surface area contributed by atoms with E-state index in [0.29, 0.717) is 12.2 Å². The second kappa shape index (κ2) is 8.56. The second-order valence-electron chi connectivity index (χ2n) is 7.83. The van der Waals surface area contributed by atoms with Crippen molar-refractivity contribution in [2.24, 2.45) is 0 Å². The van der Waals surface area contributed by atoms with Crippen LogP contribution in [0, 0.1) is 6.92 Å². The molecule has 0 aromatic heterocycles. The number of aliphatic hydroxyl groups is 1. The Bertz CT molecular complexity index is 561. The first-order chi connectivity index (χ1) is 11.0. The van der Waals surface area contributed by atoms with Crippen LogP contribution in [0.3, 0.4) is 0 Å². The minimum atomic E-state index is -2.07. The number of hydrogen-bond acceptors (Lipinski definition) is 3. The monoisotopic (exact) mass is 368 g/mol. The Balaban J connectivity index is 2.95. The minimum Gasteiger partial charge on any atom is -0.410 e. The maximum Gasteiger partial charge on any atom is 0.192 e. The Morgan fingerprint density at radius 2 is 1.83 bits per heavy atom. The molecule has 1 unspecified atom stereocenters. The standard InChI is InChI=1S/C19H32O3SSi/c1-8-9-17(20)18(22-24(6,7)19(3,4)5)14-23(21)16-12-10-15(2)11-13-16/h8,10-13,17-18,20H,1,9,14H2,2-7H3/t17-,18+,23?/m0/s1. The Morgan fingerprint density at radius 3 is 2.29 bits per heavy atom. The lowest BCUT2D eigenvalue weighted by Gasteiger charge is -2.40. The van der Waals surface area contributed by atoms with Gasteiger partial charge in [-0.1, -0.05) is 44.5 Å². The number of aliphatic hydroxyl groups excluding tert-OH is 1. The van der Waals surface area contributed by atoms with E-state index in [1.54, 1.807) is 6.08 Å². The average Bonchev–Trinajstić information content (AvgIpc) is 2.46. The molecule has 0 aliphatic carbocycles. The van der Waals surface area contributed by atoms with Crippen molar-refractivity contribution in [2.45, 2.75) is 69.4 Å². The maximum absolute atomic E-state index is 12.7. The topological polar surface area (TPSA) is 46.5 Å². The van der Waals surface area contributed by atoms with Crippen LogP contribution in [0.1, 0.15) is 32.8 Å². The number of aryl methyl sites for hydroxylation is 1. The van der Waals surface area contributed by atoms with E-state index in [2.05, 4.69) is 40.4 Å². The van der Waals surface area contributed by atoms with Crippen molar-refractivity contribution in [3.8, 4) is 0 Å². The number of rotatable bonds is 8. The first-order valence-electron chi connectivity index (χ1n) is 8.40. The van der Waals surface area contributed by atoms with Crippen LogP contribution in [-0.4, -0.2) is 35.6 Å². The summed E-state index contributed by atoms with van der Waals surface area (Å²) in [6, 6.07) is 7.68. The van der Waals surface area contributed by atoms with Gasteiger partial charge in [-0.15, -0.1) is 6.58 Å². The molecule has 0 saturated heterocycles. The highest BCUT2D eigenvalue weighted by molar-refractivity contribution is 7.85. The normalized spacial score (nSPS) is 16.5. The summed E-state index contributed by atoms with van der Waals surface area (Å²) >= 11 is 0. The third kappa shape index (κ3) is 5.95. The van der Waals surface area contributed by atoms with Crippen molar-refractivity contribution in [3.05, 3.63) is 42.5 Å². The summed E-state index contributed by atoms with van der Waals surface area (Å²) in [6.07, 6.45) is 0.975. The Morgan fingerprint density at radius 1 is 1.29 bits per heavy atom. The molecule has 1 rings (SSSR count).